The van der Waals surface area contributed by atoms with Gasteiger partial charge in [0.1, 0.15) is 0 Å². The van der Waals surface area contributed by atoms with Crippen molar-refractivity contribution >= 4 is 108 Å². The maximum atomic E-state index is 5.00. The summed E-state index contributed by atoms with van der Waals surface area (Å²) in [5.74, 6) is 0. The average Bonchev–Trinajstić information content (AvgIpc) is 2.89. The first-order valence-corrected chi connectivity index (χ1v) is 31.4. The van der Waals surface area contributed by atoms with Crippen LogP contribution < -0.4 is 21.2 Å². The van der Waals surface area contributed by atoms with Crippen LogP contribution in [-0.2, 0) is 55.5 Å². The van der Waals surface area contributed by atoms with Crippen LogP contribution in [0.25, 0.3) is 0 Å². The standard InChI is InChI=1S/2C13H13P.6ClH.2Pd.Sn.Ti/c2*1-14(12-8-4-2-5-9-12)13-10-6-3-7-11-13;;;;;;;;;;/h2*2-11H,1H3;6*1H;;;;/q;;;;;;;;;;2*+3/p-6. The zero-order valence-electron chi connectivity index (χ0n) is 20.3. The van der Waals surface area contributed by atoms with Gasteiger partial charge in [-0.1, -0.05) is 121 Å². The predicted octanol–water partition coefficient (Wildman–Crippen LogP) is 9.25. The second-order valence-corrected chi connectivity index (χ2v) is 31.7. The number of hydrogen-bond acceptors (Lipinski definition) is 0. The molecule has 1 radical (unpaired) electrons. The number of hydrogen-bond donors (Lipinski definition) is 0. The molecule has 0 saturated heterocycles. The van der Waals surface area contributed by atoms with Crippen molar-refractivity contribution < 1.29 is 55.5 Å². The largest absolute Gasteiger partial charge is 0 e. The third-order valence-electron chi connectivity index (χ3n) is 4.57. The Kier molecular flexibility index (Phi) is 30.1. The molecule has 12 heteroatoms. The molecule has 0 aliphatic carbocycles. The Labute approximate surface area is 294 Å². The average molecular weight is 993 g/mol. The molecule has 0 heterocycles. The molecule has 0 N–H and O–H groups in total. The summed E-state index contributed by atoms with van der Waals surface area (Å²) in [5.41, 5.74) is 0. The molecule has 4 rings (SSSR count). The van der Waals surface area contributed by atoms with E-state index in [0.29, 0.717) is 0 Å². The van der Waals surface area contributed by atoms with Gasteiger partial charge in [-0.2, -0.15) is 0 Å². The molecule has 0 amide bonds. The van der Waals surface area contributed by atoms with Gasteiger partial charge < -0.3 is 0 Å². The van der Waals surface area contributed by atoms with Crippen molar-refractivity contribution in [1.82, 2.24) is 0 Å². The van der Waals surface area contributed by atoms with E-state index < -0.39 is 31.1 Å². The molecule has 0 spiro atoms. The molecule has 0 aromatic heterocycles. The van der Waals surface area contributed by atoms with Crippen molar-refractivity contribution in [2.45, 2.75) is 0 Å². The minimum Gasteiger partial charge on any atom is 0 e. The van der Waals surface area contributed by atoms with Crippen LogP contribution in [0, 0.1) is 0 Å². The van der Waals surface area contributed by atoms with E-state index in [1.807, 2.05) is 0 Å². The van der Waals surface area contributed by atoms with Gasteiger partial charge in [-0.25, -0.2) is 0 Å². The van der Waals surface area contributed by atoms with Crippen molar-refractivity contribution in [2.24, 2.45) is 0 Å². The number of halogens is 6. The first-order chi connectivity index (χ1) is 17.2. The van der Waals surface area contributed by atoms with E-state index in [1.54, 1.807) is 0 Å². The maximum absolute atomic E-state index is 5.00. The minimum atomic E-state index is -2.13. The smallest absolute Gasteiger partial charge is 0 e. The summed E-state index contributed by atoms with van der Waals surface area (Å²) < 4.78 is 0. The summed E-state index contributed by atoms with van der Waals surface area (Å²) in [6.45, 7) is 4.61. The van der Waals surface area contributed by atoms with E-state index in [2.05, 4.69) is 135 Å². The van der Waals surface area contributed by atoms with Gasteiger partial charge in [0.2, 0.25) is 0 Å². The van der Waals surface area contributed by atoms with Crippen LogP contribution in [0.5, 0.6) is 0 Å². The van der Waals surface area contributed by atoms with Crippen molar-refractivity contribution in [3.05, 3.63) is 121 Å². The van der Waals surface area contributed by atoms with Gasteiger partial charge in [-0.15, -0.1) is 0 Å². The van der Waals surface area contributed by atoms with E-state index >= 15 is 0 Å². The fourth-order valence-electron chi connectivity index (χ4n) is 2.90. The third-order valence-corrected chi connectivity index (χ3v) is 8.86. The zero-order valence-corrected chi connectivity index (χ0v) is 34.2. The first-order valence-electron chi connectivity index (χ1n) is 10.6. The summed E-state index contributed by atoms with van der Waals surface area (Å²) in [7, 11) is 29.6. The molecule has 4 aromatic carbocycles. The first kappa shape index (κ1) is 42.4. The Morgan fingerprint density at radius 3 is 0.711 bits per heavy atom. The van der Waals surface area contributed by atoms with E-state index in [9.17, 15) is 0 Å². The summed E-state index contributed by atoms with van der Waals surface area (Å²) in [6.07, 6.45) is 0. The summed E-state index contributed by atoms with van der Waals surface area (Å²) in [5, 5.41) is 5.75. The second kappa shape index (κ2) is 26.9. The molecular weight excluding hydrogens is 966 g/mol. The predicted molar refractivity (Wildman–Crippen MR) is 171 cm³/mol. The van der Waals surface area contributed by atoms with E-state index in [-0.39, 0.29) is 56.7 Å². The fraction of sp³-hybridized carbons (Fsp3) is 0.0769. The molecule has 0 nitrogen and oxygen atoms in total. The number of benzene rings is 4. The molecule has 38 heavy (non-hydrogen) atoms. The van der Waals surface area contributed by atoms with Crippen LogP contribution in [0.15, 0.2) is 121 Å². The van der Waals surface area contributed by atoms with Crippen molar-refractivity contribution in [3.8, 4) is 0 Å². The van der Waals surface area contributed by atoms with Crippen LogP contribution in [0.2, 0.25) is 0 Å². The van der Waals surface area contributed by atoms with Gasteiger partial charge in [-0.05, 0) is 50.4 Å². The Balaban J connectivity index is 0. The molecule has 4 aromatic rings. The fourth-order valence-corrected chi connectivity index (χ4v) is 5.98. The van der Waals surface area contributed by atoms with Gasteiger partial charge in [0.05, 0.1) is 0 Å². The minimum absolute atomic E-state index is 0. The third kappa shape index (κ3) is 21.1. The van der Waals surface area contributed by atoms with Gasteiger partial charge in [0, 0.05) is 40.8 Å². The Hall–Kier alpha value is 2.32. The molecule has 0 unspecified atom stereocenters. The van der Waals surface area contributed by atoms with Crippen molar-refractivity contribution in [1.29, 1.82) is 0 Å². The van der Waals surface area contributed by atoms with E-state index in [1.165, 1.54) is 21.2 Å². The summed E-state index contributed by atoms with van der Waals surface area (Å²) in [4.78, 5) is 0. The molecule has 210 valence electrons. The molecular formula is C26H26Cl6P2Pd2SnTi. The number of rotatable bonds is 4. The van der Waals surface area contributed by atoms with Gasteiger partial charge >= 0.3 is 85.7 Å². The Bertz CT molecular complexity index is 889. The van der Waals surface area contributed by atoms with Crippen molar-refractivity contribution in [3.63, 3.8) is 0 Å². The maximum Gasteiger partial charge on any atom is 0 e. The van der Waals surface area contributed by atoms with E-state index in [4.69, 9.17) is 54.7 Å². The molecule has 0 saturated carbocycles. The molecule has 0 aliphatic rings. The SMILES string of the molecule is CP(c1ccccc1)c1ccccc1.CP(c1ccccc1)c1ccccc1.[Cl][Sn]([Cl])[Cl].[Cl][Ti]([Cl])[Cl].[Pd].[Pd]. The van der Waals surface area contributed by atoms with Crippen molar-refractivity contribution in [2.75, 3.05) is 13.3 Å². The van der Waals surface area contributed by atoms with Gasteiger partial charge in [0.15, 0.2) is 0 Å². The molecule has 0 bridgehead atoms. The van der Waals surface area contributed by atoms with Gasteiger partial charge in [0.25, 0.3) is 0 Å². The Morgan fingerprint density at radius 2 is 0.579 bits per heavy atom. The van der Waals surface area contributed by atoms with Crippen LogP contribution in [0.1, 0.15) is 0 Å². The Morgan fingerprint density at radius 1 is 0.447 bits per heavy atom. The quantitative estimate of drug-likeness (QED) is 0.142. The monoisotopic (exact) mass is 990 g/mol. The van der Waals surface area contributed by atoms with Gasteiger partial charge in [-0.3, -0.25) is 0 Å². The van der Waals surface area contributed by atoms with Crippen LogP contribution in [0.3, 0.4) is 0 Å². The summed E-state index contributed by atoms with van der Waals surface area (Å²) in [6, 6.07) is 42.8. The van der Waals surface area contributed by atoms with E-state index in [0.717, 1.165) is 0 Å². The van der Waals surface area contributed by atoms with Crippen LogP contribution in [-0.4, -0.2) is 29.7 Å². The topological polar surface area (TPSA) is 0 Å². The molecule has 0 atom stereocenters. The molecule has 0 aliphatic heterocycles. The summed E-state index contributed by atoms with van der Waals surface area (Å²) >= 11 is -4.04. The van der Waals surface area contributed by atoms with Crippen LogP contribution >= 0.6 is 70.5 Å². The normalized spacial score (nSPS) is 9.34. The van der Waals surface area contributed by atoms with Crippen LogP contribution in [0.4, 0.5) is 0 Å². The zero-order chi connectivity index (χ0) is 26.8. The second-order valence-electron chi connectivity index (χ2n) is 6.89. The molecule has 0 fully saturated rings.